The number of ether oxygens (including phenoxy) is 2. The summed E-state index contributed by atoms with van der Waals surface area (Å²) in [6, 6.07) is 8.12. The number of anilines is 1. The van der Waals surface area contributed by atoms with Crippen molar-refractivity contribution in [3.8, 4) is 23.1 Å². The lowest BCUT2D eigenvalue weighted by atomic mass is 9.87. The number of nitrogens with zero attached hydrogens (tertiary/aromatic N) is 4. The number of fused-ring (bicyclic) bond motifs is 1. The number of pyridine rings is 1. The summed E-state index contributed by atoms with van der Waals surface area (Å²) in [5, 5.41) is 4.28. The van der Waals surface area contributed by atoms with Gasteiger partial charge in [0.25, 0.3) is 0 Å². The number of benzene rings is 2. The van der Waals surface area contributed by atoms with Crippen molar-refractivity contribution < 1.29 is 36.6 Å². The van der Waals surface area contributed by atoms with Crippen LogP contribution in [-0.4, -0.2) is 57.6 Å². The van der Waals surface area contributed by atoms with Crippen LogP contribution in [0.5, 0.6) is 17.4 Å². The molecule has 1 fully saturated rings. The molecule has 2 aromatic carbocycles. The van der Waals surface area contributed by atoms with Gasteiger partial charge in [0.2, 0.25) is 17.5 Å². The Balaban J connectivity index is 1.21. The fourth-order valence-corrected chi connectivity index (χ4v) is 6.01. The number of likely N-dealkylation sites (tertiary alicyclic amines) is 1. The number of aryl methyl sites for hydroxylation is 1. The zero-order chi connectivity index (χ0) is 33.4. The third-order valence-corrected chi connectivity index (χ3v) is 8.41. The number of hydrogen-bond acceptors (Lipinski definition) is 8. The van der Waals surface area contributed by atoms with Crippen molar-refractivity contribution in [3.05, 3.63) is 93.8 Å². The van der Waals surface area contributed by atoms with Gasteiger partial charge in [0.1, 0.15) is 11.6 Å². The standard InChI is InChI=1S/C33H30F4N6O4/c1-17-9-28(47-31-24(34)3-2-4-25(31)35)40-16-26(17)43-32(39)23(15-41-43)30(45)21-10-19-12-22(27(46-33(36)37)13-20(19)11-21)18-5-7-42(8-6-18)29(44)14-38/h2-4,9,11-13,15-16,18,33H,5-8,10,14,38-39H2,1H3. The number of alkyl halides is 2. The molecular formula is C33H30F4N6O4. The number of carbonyl (C=O) groups is 2. The van der Waals surface area contributed by atoms with Crippen molar-refractivity contribution in [2.75, 3.05) is 25.4 Å². The summed E-state index contributed by atoms with van der Waals surface area (Å²) < 4.78 is 66.4. The van der Waals surface area contributed by atoms with Crippen molar-refractivity contribution >= 4 is 23.6 Å². The number of aromatic nitrogens is 3. The van der Waals surface area contributed by atoms with Gasteiger partial charge < -0.3 is 25.8 Å². The van der Waals surface area contributed by atoms with Crippen molar-refractivity contribution in [2.45, 2.75) is 38.7 Å². The van der Waals surface area contributed by atoms with Crippen LogP contribution in [0, 0.1) is 18.6 Å². The van der Waals surface area contributed by atoms with E-state index in [4.69, 9.17) is 20.9 Å². The van der Waals surface area contributed by atoms with Gasteiger partial charge in [0.05, 0.1) is 30.2 Å². The average Bonchev–Trinajstić information content (AvgIpc) is 3.64. The second-order valence-electron chi connectivity index (χ2n) is 11.3. The average molecular weight is 651 g/mol. The number of amides is 1. The maximum Gasteiger partial charge on any atom is 0.387 e. The number of piperidine rings is 1. The summed E-state index contributed by atoms with van der Waals surface area (Å²) in [5.41, 5.74) is 15.3. The third-order valence-electron chi connectivity index (χ3n) is 8.41. The van der Waals surface area contributed by atoms with E-state index < -0.39 is 29.8 Å². The Morgan fingerprint density at radius 2 is 1.81 bits per heavy atom. The number of nitrogens with two attached hydrogens (primary N) is 2. The van der Waals surface area contributed by atoms with Gasteiger partial charge in [-0.2, -0.15) is 13.9 Å². The van der Waals surface area contributed by atoms with Crippen LogP contribution in [0.4, 0.5) is 23.4 Å². The Kier molecular flexibility index (Phi) is 8.69. The van der Waals surface area contributed by atoms with Gasteiger partial charge in [0, 0.05) is 31.1 Å². The molecule has 2 aliphatic rings. The Labute approximate surface area is 266 Å². The lowest BCUT2D eigenvalue weighted by molar-refractivity contribution is -0.130. The first kappa shape index (κ1) is 31.7. The summed E-state index contributed by atoms with van der Waals surface area (Å²) in [4.78, 5) is 31.4. The van der Waals surface area contributed by atoms with E-state index in [1.165, 1.54) is 35.3 Å². The molecule has 6 rings (SSSR count). The van der Waals surface area contributed by atoms with E-state index >= 15 is 0 Å². The van der Waals surface area contributed by atoms with Crippen LogP contribution in [0.2, 0.25) is 0 Å². The van der Waals surface area contributed by atoms with Gasteiger partial charge in [-0.05, 0) is 72.2 Å². The van der Waals surface area contributed by atoms with E-state index in [0.717, 1.165) is 17.7 Å². The molecule has 47 heavy (non-hydrogen) atoms. The third kappa shape index (κ3) is 6.28. The molecule has 0 bridgehead atoms. The molecular weight excluding hydrogens is 620 g/mol. The highest BCUT2D eigenvalue weighted by Gasteiger charge is 2.30. The minimum atomic E-state index is -3.04. The number of Topliss-reactive ketones (excluding diaryl/α,β-unsaturated/α-hetero) is 1. The van der Waals surface area contributed by atoms with Gasteiger partial charge in [-0.15, -0.1) is 0 Å². The van der Waals surface area contributed by atoms with Crippen LogP contribution >= 0.6 is 0 Å². The van der Waals surface area contributed by atoms with Crippen molar-refractivity contribution in [1.82, 2.24) is 19.7 Å². The SMILES string of the molecule is Cc1cc(Oc2c(F)cccc2F)ncc1-n1ncc(C(=O)C2=Cc3cc(OC(F)F)c(C4CCN(C(=O)CN)CC4)cc3C2)c1N. The summed E-state index contributed by atoms with van der Waals surface area (Å²) in [6.45, 7) is -0.539. The fourth-order valence-electron chi connectivity index (χ4n) is 6.01. The van der Waals surface area contributed by atoms with Gasteiger partial charge >= 0.3 is 6.61 Å². The topological polar surface area (TPSA) is 139 Å². The Hall–Kier alpha value is -5.24. The first-order chi connectivity index (χ1) is 22.5. The molecule has 4 aromatic rings. The summed E-state index contributed by atoms with van der Waals surface area (Å²) in [6.07, 6.45) is 5.66. The molecule has 1 aliphatic heterocycles. The molecule has 0 spiro atoms. The molecule has 1 amide bonds. The number of ketones is 1. The quantitative estimate of drug-likeness (QED) is 0.184. The summed E-state index contributed by atoms with van der Waals surface area (Å²) >= 11 is 0. The van der Waals surface area contributed by atoms with Crippen molar-refractivity contribution in [3.63, 3.8) is 0 Å². The molecule has 0 saturated carbocycles. The molecule has 244 valence electrons. The minimum Gasteiger partial charge on any atom is -0.435 e. The van der Waals surface area contributed by atoms with Gasteiger partial charge in [-0.3, -0.25) is 9.59 Å². The zero-order valence-corrected chi connectivity index (χ0v) is 25.2. The first-order valence-corrected chi connectivity index (χ1v) is 14.8. The smallest absolute Gasteiger partial charge is 0.387 e. The highest BCUT2D eigenvalue weighted by atomic mass is 19.3. The number of hydrogen-bond donors (Lipinski definition) is 2. The molecule has 0 atom stereocenters. The van der Waals surface area contributed by atoms with E-state index in [-0.39, 0.29) is 47.8 Å². The number of para-hydroxylation sites is 1. The number of carbonyl (C=O) groups excluding carboxylic acids is 2. The van der Waals surface area contributed by atoms with Crippen molar-refractivity contribution in [2.24, 2.45) is 5.73 Å². The van der Waals surface area contributed by atoms with Crippen LogP contribution in [0.25, 0.3) is 11.8 Å². The molecule has 4 N–H and O–H groups in total. The largest absolute Gasteiger partial charge is 0.435 e. The highest BCUT2D eigenvalue weighted by Crippen LogP contribution is 2.40. The van der Waals surface area contributed by atoms with Gasteiger partial charge in [-0.25, -0.2) is 18.4 Å². The minimum absolute atomic E-state index is 0.0340. The molecule has 1 saturated heterocycles. The van der Waals surface area contributed by atoms with E-state index in [0.29, 0.717) is 53.9 Å². The normalized spacial score (nSPS) is 14.7. The lowest BCUT2D eigenvalue weighted by Gasteiger charge is -2.33. The molecule has 0 unspecified atom stereocenters. The van der Waals surface area contributed by atoms with Crippen molar-refractivity contribution in [1.29, 1.82) is 0 Å². The number of rotatable bonds is 9. The number of allylic oxidation sites excluding steroid dienone is 1. The second-order valence-corrected chi connectivity index (χ2v) is 11.3. The van der Waals surface area contributed by atoms with Crippen LogP contribution in [0.15, 0.2) is 54.4 Å². The predicted molar refractivity (Wildman–Crippen MR) is 164 cm³/mol. The van der Waals surface area contributed by atoms with Gasteiger partial charge in [0.15, 0.2) is 17.4 Å². The van der Waals surface area contributed by atoms with Crippen LogP contribution in [0.3, 0.4) is 0 Å². The molecule has 2 aromatic heterocycles. The predicted octanol–water partition coefficient (Wildman–Crippen LogP) is 5.32. The Morgan fingerprint density at radius 3 is 2.47 bits per heavy atom. The number of halogens is 4. The maximum absolute atomic E-state index is 14.0. The monoisotopic (exact) mass is 650 g/mol. The highest BCUT2D eigenvalue weighted by molar-refractivity contribution is 6.15. The molecule has 10 nitrogen and oxygen atoms in total. The molecule has 3 heterocycles. The van der Waals surface area contributed by atoms with Gasteiger partial charge in [-0.1, -0.05) is 12.1 Å². The first-order valence-electron chi connectivity index (χ1n) is 14.8. The second kappa shape index (κ2) is 12.9. The molecule has 1 aliphatic carbocycles. The number of nitrogen functional groups attached to an aromatic ring is 1. The van der Waals surface area contributed by atoms with E-state index in [1.54, 1.807) is 24.0 Å². The Bertz CT molecular complexity index is 1880. The zero-order valence-electron chi connectivity index (χ0n) is 25.2. The fraction of sp³-hybridized carbons (Fsp3) is 0.273. The van der Waals surface area contributed by atoms with Crippen LogP contribution in [0.1, 0.15) is 51.4 Å². The van der Waals surface area contributed by atoms with E-state index in [2.05, 4.69) is 10.1 Å². The van der Waals surface area contributed by atoms with E-state index in [1.807, 2.05) is 0 Å². The lowest BCUT2D eigenvalue weighted by Crippen LogP contribution is -2.41. The summed E-state index contributed by atoms with van der Waals surface area (Å²) in [7, 11) is 0. The van der Waals surface area contributed by atoms with E-state index in [9.17, 15) is 27.2 Å². The summed E-state index contributed by atoms with van der Waals surface area (Å²) in [5.74, 6) is -3.02. The van der Waals surface area contributed by atoms with Crippen LogP contribution < -0.4 is 20.9 Å². The molecule has 14 heteroatoms. The maximum atomic E-state index is 14.0. The van der Waals surface area contributed by atoms with Crippen LogP contribution in [-0.2, 0) is 11.2 Å². The molecule has 0 radical (unpaired) electrons. The Morgan fingerprint density at radius 1 is 1.09 bits per heavy atom.